The standard InChI is InChI=1S/C11H22N2O3/c1-15-6-7-16-9-11(14)13-10-4-2-3-5-12-8-10/h10,12H,2-9H2,1H3,(H,13,14). The minimum absolute atomic E-state index is 0.0372. The second-order valence-corrected chi connectivity index (χ2v) is 4.01. The third-order valence-electron chi connectivity index (χ3n) is 2.58. The minimum Gasteiger partial charge on any atom is -0.382 e. The van der Waals surface area contributed by atoms with Gasteiger partial charge in [0.05, 0.1) is 13.2 Å². The number of carbonyl (C=O) groups is 1. The van der Waals surface area contributed by atoms with Crippen LogP contribution >= 0.6 is 0 Å². The quantitative estimate of drug-likeness (QED) is 0.626. The van der Waals surface area contributed by atoms with Crippen LogP contribution in [0, 0.1) is 0 Å². The molecule has 0 aromatic heterocycles. The highest BCUT2D eigenvalue weighted by Crippen LogP contribution is 2.03. The topological polar surface area (TPSA) is 59.6 Å². The summed E-state index contributed by atoms with van der Waals surface area (Å²) in [5, 5.41) is 6.27. The van der Waals surface area contributed by atoms with E-state index in [1.165, 1.54) is 12.8 Å². The van der Waals surface area contributed by atoms with Gasteiger partial charge in [-0.05, 0) is 19.4 Å². The molecule has 1 aliphatic heterocycles. The highest BCUT2D eigenvalue weighted by atomic mass is 16.5. The summed E-state index contributed by atoms with van der Waals surface area (Å²) >= 11 is 0. The predicted octanol–water partition coefficient (Wildman–Crippen LogP) is -0.0923. The van der Waals surface area contributed by atoms with Gasteiger partial charge in [-0.25, -0.2) is 0 Å². The fourth-order valence-corrected chi connectivity index (χ4v) is 1.72. The molecule has 1 unspecified atom stereocenters. The van der Waals surface area contributed by atoms with Crippen molar-refractivity contribution in [1.29, 1.82) is 0 Å². The molecule has 1 amide bonds. The van der Waals surface area contributed by atoms with Crippen LogP contribution in [0.4, 0.5) is 0 Å². The van der Waals surface area contributed by atoms with E-state index >= 15 is 0 Å². The van der Waals surface area contributed by atoms with Gasteiger partial charge in [-0.1, -0.05) is 6.42 Å². The molecule has 1 fully saturated rings. The average Bonchev–Trinajstić information content (AvgIpc) is 2.53. The van der Waals surface area contributed by atoms with Crippen molar-refractivity contribution < 1.29 is 14.3 Å². The van der Waals surface area contributed by atoms with Gasteiger partial charge in [0, 0.05) is 19.7 Å². The van der Waals surface area contributed by atoms with Gasteiger partial charge >= 0.3 is 0 Å². The lowest BCUT2D eigenvalue weighted by atomic mass is 10.1. The first-order chi connectivity index (χ1) is 7.83. The van der Waals surface area contributed by atoms with Crippen molar-refractivity contribution in [3.8, 4) is 0 Å². The molecule has 1 atom stereocenters. The molecule has 1 heterocycles. The molecule has 1 aliphatic rings. The Morgan fingerprint density at radius 2 is 2.31 bits per heavy atom. The van der Waals surface area contributed by atoms with Crippen LogP contribution in [0.2, 0.25) is 0 Å². The molecule has 5 nitrogen and oxygen atoms in total. The van der Waals surface area contributed by atoms with Crippen molar-refractivity contribution >= 4 is 5.91 Å². The second-order valence-electron chi connectivity index (χ2n) is 4.01. The van der Waals surface area contributed by atoms with Gasteiger partial charge in [0.15, 0.2) is 0 Å². The maximum Gasteiger partial charge on any atom is 0.246 e. The van der Waals surface area contributed by atoms with E-state index in [1.807, 2.05) is 0 Å². The number of carbonyl (C=O) groups excluding carboxylic acids is 1. The first-order valence-electron chi connectivity index (χ1n) is 5.89. The number of rotatable bonds is 6. The molecule has 0 radical (unpaired) electrons. The minimum atomic E-state index is -0.0372. The molecule has 0 spiro atoms. The zero-order valence-corrected chi connectivity index (χ0v) is 9.96. The molecule has 0 bridgehead atoms. The number of hydrogen-bond donors (Lipinski definition) is 2. The fourth-order valence-electron chi connectivity index (χ4n) is 1.72. The van der Waals surface area contributed by atoms with Gasteiger partial charge < -0.3 is 20.1 Å². The summed E-state index contributed by atoms with van der Waals surface area (Å²) in [6, 6.07) is 0.251. The summed E-state index contributed by atoms with van der Waals surface area (Å²) < 4.78 is 9.97. The smallest absolute Gasteiger partial charge is 0.246 e. The maximum atomic E-state index is 11.5. The SMILES string of the molecule is COCCOCC(=O)NC1CCCCNC1. The summed E-state index contributed by atoms with van der Waals surface area (Å²) in [4.78, 5) is 11.5. The van der Waals surface area contributed by atoms with Crippen molar-refractivity contribution in [2.24, 2.45) is 0 Å². The van der Waals surface area contributed by atoms with Crippen LogP contribution in [0.5, 0.6) is 0 Å². The molecule has 5 heteroatoms. The van der Waals surface area contributed by atoms with Crippen molar-refractivity contribution in [3.05, 3.63) is 0 Å². The predicted molar refractivity (Wildman–Crippen MR) is 61.3 cm³/mol. The highest BCUT2D eigenvalue weighted by molar-refractivity contribution is 5.77. The van der Waals surface area contributed by atoms with E-state index in [-0.39, 0.29) is 18.6 Å². The molecule has 0 saturated carbocycles. The summed E-state index contributed by atoms with van der Waals surface area (Å²) in [6.07, 6.45) is 3.41. The molecule has 2 N–H and O–H groups in total. The second kappa shape index (κ2) is 8.50. The molecule has 94 valence electrons. The molecule has 1 rings (SSSR count). The van der Waals surface area contributed by atoms with E-state index in [1.54, 1.807) is 7.11 Å². The molecule has 16 heavy (non-hydrogen) atoms. The van der Waals surface area contributed by atoms with Crippen molar-refractivity contribution in [1.82, 2.24) is 10.6 Å². The van der Waals surface area contributed by atoms with Crippen LogP contribution < -0.4 is 10.6 Å². The van der Waals surface area contributed by atoms with E-state index in [9.17, 15) is 4.79 Å². The van der Waals surface area contributed by atoms with Crippen LogP contribution in [-0.2, 0) is 14.3 Å². The summed E-state index contributed by atoms with van der Waals surface area (Å²) in [7, 11) is 1.61. The van der Waals surface area contributed by atoms with Crippen LogP contribution in [-0.4, -0.2) is 52.0 Å². The zero-order chi connectivity index (χ0) is 11.6. The highest BCUT2D eigenvalue weighted by Gasteiger charge is 2.13. The summed E-state index contributed by atoms with van der Waals surface area (Å²) in [5.74, 6) is -0.0372. The molecule has 0 aliphatic carbocycles. The first-order valence-corrected chi connectivity index (χ1v) is 5.89. The molecule has 1 saturated heterocycles. The van der Waals surface area contributed by atoms with Gasteiger partial charge in [-0.2, -0.15) is 0 Å². The van der Waals surface area contributed by atoms with Gasteiger partial charge in [0.1, 0.15) is 6.61 Å². The zero-order valence-electron chi connectivity index (χ0n) is 9.96. The van der Waals surface area contributed by atoms with E-state index in [2.05, 4.69) is 10.6 Å². The van der Waals surface area contributed by atoms with Gasteiger partial charge in [-0.15, -0.1) is 0 Å². The van der Waals surface area contributed by atoms with Gasteiger partial charge in [0.2, 0.25) is 5.91 Å². The third-order valence-corrected chi connectivity index (χ3v) is 2.58. The lowest BCUT2D eigenvalue weighted by molar-refractivity contribution is -0.126. The van der Waals surface area contributed by atoms with E-state index in [0.717, 1.165) is 19.5 Å². The Labute approximate surface area is 96.9 Å². The lowest BCUT2D eigenvalue weighted by Gasteiger charge is -2.16. The van der Waals surface area contributed by atoms with Gasteiger partial charge in [-0.3, -0.25) is 4.79 Å². The van der Waals surface area contributed by atoms with Crippen molar-refractivity contribution in [2.45, 2.75) is 25.3 Å². The number of ether oxygens (including phenoxy) is 2. The normalized spacial score (nSPS) is 21.4. The Morgan fingerprint density at radius 1 is 1.44 bits per heavy atom. The molecular formula is C11H22N2O3. The Morgan fingerprint density at radius 3 is 3.12 bits per heavy atom. The third kappa shape index (κ3) is 6.05. The van der Waals surface area contributed by atoms with Crippen LogP contribution in [0.3, 0.4) is 0 Å². The van der Waals surface area contributed by atoms with E-state index in [4.69, 9.17) is 9.47 Å². The Bertz CT molecular complexity index is 192. The number of amides is 1. The fraction of sp³-hybridized carbons (Fsp3) is 0.909. The number of methoxy groups -OCH3 is 1. The van der Waals surface area contributed by atoms with Gasteiger partial charge in [0.25, 0.3) is 0 Å². The van der Waals surface area contributed by atoms with E-state index in [0.29, 0.717) is 13.2 Å². The average molecular weight is 230 g/mol. The Balaban J connectivity index is 2.07. The Hall–Kier alpha value is -0.650. The largest absolute Gasteiger partial charge is 0.382 e. The first kappa shape index (κ1) is 13.4. The van der Waals surface area contributed by atoms with Crippen LogP contribution in [0.15, 0.2) is 0 Å². The Kier molecular flexibility index (Phi) is 7.12. The summed E-state index contributed by atoms with van der Waals surface area (Å²) in [5.41, 5.74) is 0. The maximum absolute atomic E-state index is 11.5. The number of nitrogens with one attached hydrogen (secondary N) is 2. The van der Waals surface area contributed by atoms with Crippen molar-refractivity contribution in [2.75, 3.05) is 40.0 Å². The lowest BCUT2D eigenvalue weighted by Crippen LogP contribution is -2.42. The van der Waals surface area contributed by atoms with E-state index < -0.39 is 0 Å². The van der Waals surface area contributed by atoms with Crippen LogP contribution in [0.25, 0.3) is 0 Å². The number of hydrogen-bond acceptors (Lipinski definition) is 4. The molecular weight excluding hydrogens is 208 g/mol. The monoisotopic (exact) mass is 230 g/mol. The molecule has 0 aromatic carbocycles. The van der Waals surface area contributed by atoms with Crippen molar-refractivity contribution in [3.63, 3.8) is 0 Å². The molecule has 0 aromatic rings. The van der Waals surface area contributed by atoms with Crippen LogP contribution in [0.1, 0.15) is 19.3 Å². The summed E-state index contributed by atoms with van der Waals surface area (Å²) in [6.45, 7) is 3.03.